The fraction of sp³-hybridized carbons (Fsp3) is 0.857. The first kappa shape index (κ1) is 9.77. The van der Waals surface area contributed by atoms with Crippen molar-refractivity contribution in [3.8, 4) is 0 Å². The van der Waals surface area contributed by atoms with E-state index in [0.29, 0.717) is 6.42 Å². The van der Waals surface area contributed by atoms with E-state index in [-0.39, 0.29) is 5.25 Å². The maximum atomic E-state index is 12.6. The van der Waals surface area contributed by atoms with E-state index in [0.717, 1.165) is 12.2 Å². The predicted molar refractivity (Wildman–Crippen MR) is 42.7 cm³/mol. The molecule has 12 heavy (non-hydrogen) atoms. The van der Waals surface area contributed by atoms with Crippen molar-refractivity contribution >= 4 is 17.7 Å². The Kier molecular flexibility index (Phi) is 2.93. The highest BCUT2D eigenvalue weighted by Crippen LogP contribution is 2.34. The molecule has 0 spiro atoms. The zero-order valence-electron chi connectivity index (χ0n) is 6.43. The summed E-state index contributed by atoms with van der Waals surface area (Å²) < 4.78 is 25.2. The lowest BCUT2D eigenvalue weighted by Crippen LogP contribution is -2.31. The Labute approximate surface area is 73.3 Å². The zero-order valence-corrected chi connectivity index (χ0v) is 7.24. The Morgan fingerprint density at radius 1 is 1.67 bits per heavy atom. The number of halogens is 2. The molecule has 0 aliphatic carbocycles. The van der Waals surface area contributed by atoms with Crippen molar-refractivity contribution in [3.05, 3.63) is 0 Å². The summed E-state index contributed by atoms with van der Waals surface area (Å²) >= 11 is 1.44. The molecule has 1 saturated heterocycles. The molecular weight excluding hydrogens is 186 g/mol. The van der Waals surface area contributed by atoms with Gasteiger partial charge in [-0.2, -0.15) is 20.5 Å². The van der Waals surface area contributed by atoms with Crippen LogP contribution in [0.3, 0.4) is 0 Å². The van der Waals surface area contributed by atoms with Crippen LogP contribution in [0.2, 0.25) is 0 Å². The van der Waals surface area contributed by atoms with Crippen LogP contribution in [0.1, 0.15) is 19.3 Å². The van der Waals surface area contributed by atoms with Crippen LogP contribution in [0.15, 0.2) is 0 Å². The number of hydrogen-bond donors (Lipinski definition) is 1. The monoisotopic (exact) mass is 196 g/mol. The van der Waals surface area contributed by atoms with Crippen molar-refractivity contribution in [2.24, 2.45) is 0 Å². The smallest absolute Gasteiger partial charge is 0.374 e. The molecule has 1 rings (SSSR count). The third kappa shape index (κ3) is 2.33. The van der Waals surface area contributed by atoms with E-state index in [9.17, 15) is 13.6 Å². The van der Waals surface area contributed by atoms with Gasteiger partial charge in [0.05, 0.1) is 0 Å². The van der Waals surface area contributed by atoms with E-state index in [1.165, 1.54) is 11.8 Å². The van der Waals surface area contributed by atoms with Crippen molar-refractivity contribution in [1.29, 1.82) is 0 Å². The van der Waals surface area contributed by atoms with E-state index in [1.807, 2.05) is 0 Å². The molecule has 1 fully saturated rings. The van der Waals surface area contributed by atoms with Gasteiger partial charge in [-0.1, -0.05) is 0 Å². The highest BCUT2D eigenvalue weighted by molar-refractivity contribution is 8.00. The molecule has 0 aromatic rings. The number of alkyl halides is 2. The van der Waals surface area contributed by atoms with Gasteiger partial charge >= 0.3 is 11.9 Å². The van der Waals surface area contributed by atoms with Crippen LogP contribution < -0.4 is 0 Å². The number of rotatable bonds is 3. The molecule has 0 aromatic carbocycles. The van der Waals surface area contributed by atoms with Crippen LogP contribution in [-0.2, 0) is 4.79 Å². The summed E-state index contributed by atoms with van der Waals surface area (Å²) in [7, 11) is 0. The number of carboxylic acids is 1. The Balaban J connectivity index is 2.42. The first-order valence-electron chi connectivity index (χ1n) is 3.75. The maximum absolute atomic E-state index is 12.6. The van der Waals surface area contributed by atoms with Crippen molar-refractivity contribution in [2.45, 2.75) is 30.4 Å². The fourth-order valence-corrected chi connectivity index (χ4v) is 2.51. The van der Waals surface area contributed by atoms with Crippen LogP contribution in [-0.4, -0.2) is 28.0 Å². The highest BCUT2D eigenvalue weighted by Gasteiger charge is 2.41. The van der Waals surface area contributed by atoms with Gasteiger partial charge in [0.2, 0.25) is 0 Å². The molecule has 1 heterocycles. The number of aliphatic carboxylic acids is 1. The Bertz CT molecular complexity index is 178. The van der Waals surface area contributed by atoms with E-state index >= 15 is 0 Å². The maximum Gasteiger partial charge on any atom is 0.374 e. The van der Waals surface area contributed by atoms with Crippen molar-refractivity contribution in [2.75, 3.05) is 5.75 Å². The second-order valence-electron chi connectivity index (χ2n) is 2.85. The molecule has 5 heteroatoms. The van der Waals surface area contributed by atoms with Gasteiger partial charge in [0, 0.05) is 11.7 Å². The highest BCUT2D eigenvalue weighted by atomic mass is 32.2. The minimum Gasteiger partial charge on any atom is -0.477 e. The van der Waals surface area contributed by atoms with E-state index in [2.05, 4.69) is 0 Å². The van der Waals surface area contributed by atoms with Crippen LogP contribution in [0.25, 0.3) is 0 Å². The minimum absolute atomic E-state index is 0.170. The quantitative estimate of drug-likeness (QED) is 0.750. The molecule has 1 atom stereocenters. The summed E-state index contributed by atoms with van der Waals surface area (Å²) in [6, 6.07) is 0. The summed E-state index contributed by atoms with van der Waals surface area (Å²) in [6.45, 7) is 0. The third-order valence-corrected chi connectivity index (χ3v) is 3.22. The van der Waals surface area contributed by atoms with E-state index < -0.39 is 18.3 Å². The number of thioether (sulfide) groups is 1. The van der Waals surface area contributed by atoms with Gasteiger partial charge < -0.3 is 5.11 Å². The Hall–Kier alpha value is -0.320. The minimum atomic E-state index is -3.54. The molecule has 0 aromatic heterocycles. The average Bonchev–Trinajstić information content (AvgIpc) is 2.38. The normalized spacial score (nSPS) is 24.3. The molecule has 0 bridgehead atoms. The van der Waals surface area contributed by atoms with Crippen molar-refractivity contribution in [1.82, 2.24) is 0 Å². The average molecular weight is 196 g/mol. The molecule has 0 saturated carbocycles. The SMILES string of the molecule is O=C(O)C(F)(F)CC1CCCS1. The lowest BCUT2D eigenvalue weighted by molar-refractivity contribution is -0.165. The van der Waals surface area contributed by atoms with Gasteiger partial charge in [-0.15, -0.1) is 0 Å². The standard InChI is InChI=1S/C7H10F2O2S/c8-7(9,6(10)11)4-5-2-1-3-12-5/h5H,1-4H2,(H,10,11). The molecule has 1 aliphatic rings. The van der Waals surface area contributed by atoms with Crippen molar-refractivity contribution < 1.29 is 18.7 Å². The summed E-state index contributed by atoms with van der Waals surface area (Å²) in [5.74, 6) is -4.67. The van der Waals surface area contributed by atoms with Gasteiger partial charge in [-0.3, -0.25) is 0 Å². The first-order chi connectivity index (χ1) is 5.52. The van der Waals surface area contributed by atoms with Gasteiger partial charge in [-0.05, 0) is 18.6 Å². The zero-order chi connectivity index (χ0) is 9.19. The second-order valence-corrected chi connectivity index (χ2v) is 4.26. The summed E-state index contributed by atoms with van der Waals surface area (Å²) in [4.78, 5) is 10.0. The van der Waals surface area contributed by atoms with Crippen LogP contribution >= 0.6 is 11.8 Å². The molecular formula is C7H10F2O2S. The van der Waals surface area contributed by atoms with Gasteiger partial charge in [0.25, 0.3) is 0 Å². The molecule has 0 amide bonds. The van der Waals surface area contributed by atoms with E-state index in [4.69, 9.17) is 5.11 Å². The van der Waals surface area contributed by atoms with Crippen LogP contribution in [0.4, 0.5) is 8.78 Å². The lowest BCUT2D eigenvalue weighted by atomic mass is 10.1. The number of carboxylic acid groups (broad SMARTS) is 1. The van der Waals surface area contributed by atoms with Crippen LogP contribution in [0, 0.1) is 0 Å². The van der Waals surface area contributed by atoms with Gasteiger partial charge in [-0.25, -0.2) is 4.79 Å². The molecule has 70 valence electrons. The lowest BCUT2D eigenvalue weighted by Gasteiger charge is -2.14. The summed E-state index contributed by atoms with van der Waals surface area (Å²) in [6.07, 6.45) is 1.12. The third-order valence-electron chi connectivity index (χ3n) is 1.82. The number of hydrogen-bond acceptors (Lipinski definition) is 2. The summed E-state index contributed by atoms with van der Waals surface area (Å²) in [5.41, 5.74) is 0. The topological polar surface area (TPSA) is 37.3 Å². The second kappa shape index (κ2) is 3.60. The Morgan fingerprint density at radius 2 is 2.33 bits per heavy atom. The molecule has 1 N–H and O–H groups in total. The summed E-state index contributed by atoms with van der Waals surface area (Å²) in [5, 5.41) is 7.97. The fourth-order valence-electron chi connectivity index (χ4n) is 1.18. The molecule has 1 aliphatic heterocycles. The number of carbonyl (C=O) groups is 1. The molecule has 1 unspecified atom stereocenters. The van der Waals surface area contributed by atoms with Crippen molar-refractivity contribution in [3.63, 3.8) is 0 Å². The predicted octanol–water partition coefficient (Wildman–Crippen LogP) is 1.99. The Morgan fingerprint density at radius 3 is 2.75 bits per heavy atom. The van der Waals surface area contributed by atoms with Gasteiger partial charge in [0.1, 0.15) is 0 Å². The first-order valence-corrected chi connectivity index (χ1v) is 4.80. The largest absolute Gasteiger partial charge is 0.477 e. The molecule has 0 radical (unpaired) electrons. The van der Waals surface area contributed by atoms with E-state index in [1.54, 1.807) is 0 Å². The van der Waals surface area contributed by atoms with Gasteiger partial charge in [0.15, 0.2) is 0 Å². The van der Waals surface area contributed by atoms with Crippen LogP contribution in [0.5, 0.6) is 0 Å². The molecule has 2 nitrogen and oxygen atoms in total.